The van der Waals surface area contributed by atoms with Crippen LogP contribution in [0.15, 0.2) is 42.5 Å². The smallest absolute Gasteiger partial charge is 0.252 e. The largest absolute Gasteiger partial charge is 0.348 e. The highest BCUT2D eigenvalue weighted by molar-refractivity contribution is 14.1. The first kappa shape index (κ1) is 14.3. The Morgan fingerprint density at radius 1 is 1.21 bits per heavy atom. The Bertz CT molecular complexity index is 601. The summed E-state index contributed by atoms with van der Waals surface area (Å²) in [5.74, 6) is -0.490. The van der Waals surface area contributed by atoms with Crippen LogP contribution >= 0.6 is 34.2 Å². The third kappa shape index (κ3) is 3.91. The van der Waals surface area contributed by atoms with Crippen molar-refractivity contribution >= 4 is 40.1 Å². The van der Waals surface area contributed by atoms with E-state index in [-0.39, 0.29) is 11.7 Å². The van der Waals surface area contributed by atoms with Gasteiger partial charge in [-0.25, -0.2) is 4.39 Å². The van der Waals surface area contributed by atoms with E-state index >= 15 is 0 Å². The summed E-state index contributed by atoms with van der Waals surface area (Å²) >= 11 is 7.95. The molecule has 0 saturated carbocycles. The van der Waals surface area contributed by atoms with Crippen LogP contribution in [0.25, 0.3) is 0 Å². The van der Waals surface area contributed by atoms with E-state index in [1.54, 1.807) is 30.3 Å². The number of benzene rings is 2. The average Bonchev–Trinajstić information content (AvgIpc) is 2.40. The number of rotatable bonds is 3. The molecule has 0 bridgehead atoms. The monoisotopic (exact) mass is 389 g/mol. The van der Waals surface area contributed by atoms with Crippen LogP contribution < -0.4 is 5.32 Å². The lowest BCUT2D eigenvalue weighted by molar-refractivity contribution is 0.0950. The summed E-state index contributed by atoms with van der Waals surface area (Å²) in [6.07, 6.45) is 0. The fourth-order valence-electron chi connectivity index (χ4n) is 1.55. The molecule has 0 aliphatic rings. The molecule has 98 valence electrons. The quantitative estimate of drug-likeness (QED) is 0.790. The van der Waals surface area contributed by atoms with Gasteiger partial charge in [-0.1, -0.05) is 23.7 Å². The van der Waals surface area contributed by atoms with E-state index in [9.17, 15) is 9.18 Å². The van der Waals surface area contributed by atoms with Gasteiger partial charge in [0, 0.05) is 15.1 Å². The summed E-state index contributed by atoms with van der Waals surface area (Å²) < 4.78 is 13.6. The van der Waals surface area contributed by atoms with E-state index in [0.717, 1.165) is 9.13 Å². The Labute approximate surface area is 129 Å². The van der Waals surface area contributed by atoms with Gasteiger partial charge in [0.25, 0.3) is 5.91 Å². The minimum Gasteiger partial charge on any atom is -0.348 e. The lowest BCUT2D eigenvalue weighted by Gasteiger charge is -2.07. The second kappa shape index (κ2) is 6.34. The van der Waals surface area contributed by atoms with Gasteiger partial charge in [-0.15, -0.1) is 0 Å². The fraction of sp³-hybridized carbons (Fsp3) is 0.0714. The summed E-state index contributed by atoms with van der Waals surface area (Å²) in [5.41, 5.74) is 1.38. The van der Waals surface area contributed by atoms with Crippen LogP contribution in [-0.2, 0) is 6.54 Å². The predicted molar refractivity (Wildman–Crippen MR) is 81.7 cm³/mol. The van der Waals surface area contributed by atoms with Gasteiger partial charge >= 0.3 is 0 Å². The molecule has 0 atom stereocenters. The maximum atomic E-state index is 12.7. The lowest BCUT2D eigenvalue weighted by Crippen LogP contribution is -2.23. The van der Waals surface area contributed by atoms with Gasteiger partial charge in [0.1, 0.15) is 5.82 Å². The molecule has 5 heteroatoms. The molecule has 0 saturated heterocycles. The van der Waals surface area contributed by atoms with E-state index in [0.29, 0.717) is 17.1 Å². The molecular weight excluding hydrogens is 380 g/mol. The average molecular weight is 390 g/mol. The van der Waals surface area contributed by atoms with Crippen LogP contribution in [0.5, 0.6) is 0 Å². The highest BCUT2D eigenvalue weighted by atomic mass is 127. The van der Waals surface area contributed by atoms with Crippen molar-refractivity contribution in [2.24, 2.45) is 0 Å². The topological polar surface area (TPSA) is 29.1 Å². The molecule has 0 fully saturated rings. The Hall–Kier alpha value is -1.14. The molecule has 1 N–H and O–H groups in total. The maximum Gasteiger partial charge on any atom is 0.252 e. The Morgan fingerprint density at radius 3 is 2.58 bits per heavy atom. The Morgan fingerprint density at radius 2 is 1.89 bits per heavy atom. The zero-order chi connectivity index (χ0) is 13.8. The fourth-order valence-corrected chi connectivity index (χ4v) is 2.30. The Balaban J connectivity index is 2.05. The van der Waals surface area contributed by atoms with E-state index in [2.05, 4.69) is 27.9 Å². The molecule has 0 aliphatic carbocycles. The zero-order valence-corrected chi connectivity index (χ0v) is 12.7. The van der Waals surface area contributed by atoms with Crippen molar-refractivity contribution in [2.75, 3.05) is 0 Å². The second-order valence-corrected chi connectivity index (χ2v) is 5.53. The maximum absolute atomic E-state index is 12.7. The first-order valence-electron chi connectivity index (χ1n) is 5.54. The van der Waals surface area contributed by atoms with Gasteiger partial charge in [0.15, 0.2) is 0 Å². The third-order valence-electron chi connectivity index (χ3n) is 2.54. The van der Waals surface area contributed by atoms with E-state index < -0.39 is 0 Å². The number of halogens is 3. The minimum atomic E-state index is -0.292. The molecule has 2 nitrogen and oxygen atoms in total. The van der Waals surface area contributed by atoms with Crippen molar-refractivity contribution in [2.45, 2.75) is 6.54 Å². The van der Waals surface area contributed by atoms with Gasteiger partial charge in [-0.2, -0.15) is 0 Å². The van der Waals surface area contributed by atoms with Crippen LogP contribution in [0, 0.1) is 9.39 Å². The molecule has 0 radical (unpaired) electrons. The lowest BCUT2D eigenvalue weighted by atomic mass is 10.2. The number of hydrogen-bond donors (Lipinski definition) is 1. The van der Waals surface area contributed by atoms with E-state index in [1.807, 2.05) is 0 Å². The van der Waals surface area contributed by atoms with Gasteiger partial charge < -0.3 is 5.32 Å². The molecule has 2 aromatic rings. The van der Waals surface area contributed by atoms with E-state index in [4.69, 9.17) is 11.6 Å². The highest BCUT2D eigenvalue weighted by Gasteiger charge is 2.10. The van der Waals surface area contributed by atoms with Crippen molar-refractivity contribution in [3.8, 4) is 0 Å². The molecule has 0 aromatic heterocycles. The highest BCUT2D eigenvalue weighted by Crippen LogP contribution is 2.18. The second-order valence-electron chi connectivity index (χ2n) is 3.93. The summed E-state index contributed by atoms with van der Waals surface area (Å²) in [6.45, 7) is 0.349. The standard InChI is InChI=1S/C14H10ClFINO/c15-10-3-6-13(17)12(7-10)14(19)18-8-9-1-4-11(16)5-2-9/h1-7H,8H2,(H,18,19). The van der Waals surface area contributed by atoms with Crippen molar-refractivity contribution in [1.82, 2.24) is 5.32 Å². The number of carbonyl (C=O) groups is 1. The van der Waals surface area contributed by atoms with Crippen LogP contribution in [0.4, 0.5) is 4.39 Å². The van der Waals surface area contributed by atoms with Crippen LogP contribution in [0.3, 0.4) is 0 Å². The molecule has 0 heterocycles. The SMILES string of the molecule is O=C(NCc1ccc(F)cc1)c1cc(Cl)ccc1I. The normalized spacial score (nSPS) is 10.3. The van der Waals surface area contributed by atoms with Crippen molar-refractivity contribution < 1.29 is 9.18 Å². The zero-order valence-electron chi connectivity index (χ0n) is 9.79. The van der Waals surface area contributed by atoms with Crippen LogP contribution in [0.1, 0.15) is 15.9 Å². The molecule has 0 unspecified atom stereocenters. The summed E-state index contributed by atoms with van der Waals surface area (Å²) in [4.78, 5) is 12.0. The Kier molecular flexibility index (Phi) is 4.76. The molecule has 0 spiro atoms. The summed E-state index contributed by atoms with van der Waals surface area (Å²) in [5, 5.41) is 3.30. The van der Waals surface area contributed by atoms with Crippen LogP contribution in [0.2, 0.25) is 5.02 Å². The van der Waals surface area contributed by atoms with E-state index in [1.165, 1.54) is 12.1 Å². The first-order chi connectivity index (χ1) is 9.06. The van der Waals surface area contributed by atoms with Crippen LogP contribution in [-0.4, -0.2) is 5.91 Å². The number of hydrogen-bond acceptors (Lipinski definition) is 1. The molecule has 2 aromatic carbocycles. The number of amides is 1. The van der Waals surface area contributed by atoms with Gasteiger partial charge in [-0.05, 0) is 58.5 Å². The number of carbonyl (C=O) groups excluding carboxylic acids is 1. The van der Waals surface area contributed by atoms with Crippen molar-refractivity contribution in [1.29, 1.82) is 0 Å². The summed E-state index contributed by atoms with van der Waals surface area (Å²) in [7, 11) is 0. The predicted octanol–water partition coefficient (Wildman–Crippen LogP) is 4.01. The van der Waals surface area contributed by atoms with Crippen molar-refractivity contribution in [3.63, 3.8) is 0 Å². The minimum absolute atomic E-state index is 0.198. The first-order valence-corrected chi connectivity index (χ1v) is 6.99. The van der Waals surface area contributed by atoms with Gasteiger partial charge in [0.05, 0.1) is 5.56 Å². The third-order valence-corrected chi connectivity index (χ3v) is 3.72. The van der Waals surface area contributed by atoms with Gasteiger partial charge in [0.2, 0.25) is 0 Å². The number of nitrogens with one attached hydrogen (secondary N) is 1. The van der Waals surface area contributed by atoms with Gasteiger partial charge in [-0.3, -0.25) is 4.79 Å². The summed E-state index contributed by atoms with van der Waals surface area (Å²) in [6, 6.07) is 11.2. The molecular formula is C14H10ClFINO. The molecule has 0 aliphatic heterocycles. The molecule has 2 rings (SSSR count). The van der Waals surface area contributed by atoms with Crippen molar-refractivity contribution in [3.05, 3.63) is 68.0 Å². The molecule has 19 heavy (non-hydrogen) atoms. The molecule has 1 amide bonds.